The van der Waals surface area contributed by atoms with Crippen molar-refractivity contribution in [1.82, 2.24) is 4.90 Å². The molecule has 64 valence electrons. The molecule has 1 rings (SSSR count). The van der Waals surface area contributed by atoms with Crippen LogP contribution in [-0.4, -0.2) is 29.9 Å². The zero-order valence-corrected chi connectivity index (χ0v) is 7.21. The average Bonchev–Trinajstić information content (AvgIpc) is 2.26. The van der Waals surface area contributed by atoms with E-state index in [-0.39, 0.29) is 5.91 Å². The van der Waals surface area contributed by atoms with Gasteiger partial charge in [0.2, 0.25) is 5.91 Å². The molecule has 0 aliphatic carbocycles. The lowest BCUT2D eigenvalue weighted by molar-refractivity contribution is -0.128. The molecule has 0 spiro atoms. The first kappa shape index (κ1) is 8.53. The molecule has 2 N–H and O–H groups in total. The molecule has 1 aliphatic rings. The third kappa shape index (κ3) is 1.38. The second-order valence-electron chi connectivity index (χ2n) is 3.12. The van der Waals surface area contributed by atoms with Gasteiger partial charge in [0.05, 0.1) is 0 Å². The molecule has 1 heterocycles. The minimum absolute atomic E-state index is 0.260. The van der Waals surface area contributed by atoms with E-state index < -0.39 is 0 Å². The Hall–Kier alpha value is -0.570. The van der Waals surface area contributed by atoms with Crippen molar-refractivity contribution >= 4 is 5.91 Å². The third-order valence-corrected chi connectivity index (χ3v) is 2.57. The molecule has 0 bridgehead atoms. The predicted octanol–water partition coefficient (Wildman–Crippen LogP) is 0.202. The van der Waals surface area contributed by atoms with Crippen LogP contribution in [0.5, 0.6) is 0 Å². The van der Waals surface area contributed by atoms with Crippen LogP contribution in [0.1, 0.15) is 20.3 Å². The number of carbonyl (C=O) groups is 1. The molecule has 0 aromatic heterocycles. The Morgan fingerprint density at radius 3 is 2.64 bits per heavy atom. The molecule has 1 saturated heterocycles. The summed E-state index contributed by atoms with van der Waals surface area (Å²) in [6, 6.07) is 0.345. The molecular weight excluding hydrogens is 140 g/mol. The first-order chi connectivity index (χ1) is 5.20. The van der Waals surface area contributed by atoms with E-state index in [4.69, 9.17) is 5.73 Å². The Morgan fingerprint density at radius 2 is 2.36 bits per heavy atom. The summed E-state index contributed by atoms with van der Waals surface area (Å²) in [6.45, 7) is 5.53. The summed E-state index contributed by atoms with van der Waals surface area (Å²) in [5.41, 5.74) is 5.52. The van der Waals surface area contributed by atoms with Gasteiger partial charge in [0.1, 0.15) is 0 Å². The van der Waals surface area contributed by atoms with E-state index in [0.29, 0.717) is 24.9 Å². The first-order valence-electron chi connectivity index (χ1n) is 4.20. The Bertz CT molecular complexity index is 158. The van der Waals surface area contributed by atoms with Crippen molar-refractivity contribution < 1.29 is 4.79 Å². The average molecular weight is 156 g/mol. The van der Waals surface area contributed by atoms with Gasteiger partial charge in [0.15, 0.2) is 0 Å². The number of amides is 1. The molecule has 11 heavy (non-hydrogen) atoms. The van der Waals surface area contributed by atoms with Crippen molar-refractivity contribution in [3.05, 3.63) is 0 Å². The van der Waals surface area contributed by atoms with Crippen molar-refractivity contribution in [1.29, 1.82) is 0 Å². The summed E-state index contributed by atoms with van der Waals surface area (Å²) >= 11 is 0. The van der Waals surface area contributed by atoms with Crippen LogP contribution in [0.15, 0.2) is 0 Å². The maximum absolute atomic E-state index is 11.3. The van der Waals surface area contributed by atoms with Crippen LogP contribution < -0.4 is 5.73 Å². The van der Waals surface area contributed by atoms with E-state index in [1.165, 1.54) is 0 Å². The maximum atomic E-state index is 11.3. The van der Waals surface area contributed by atoms with Crippen molar-refractivity contribution in [2.45, 2.75) is 26.3 Å². The molecule has 0 aromatic carbocycles. The van der Waals surface area contributed by atoms with E-state index >= 15 is 0 Å². The molecule has 0 radical (unpaired) electrons. The summed E-state index contributed by atoms with van der Waals surface area (Å²) in [5, 5.41) is 0. The SMILES string of the molecule is CCN1C(=O)CC(CN)C1C. The van der Waals surface area contributed by atoms with Crippen LogP contribution in [0.25, 0.3) is 0 Å². The quantitative estimate of drug-likeness (QED) is 0.621. The van der Waals surface area contributed by atoms with E-state index in [0.717, 1.165) is 6.54 Å². The first-order valence-corrected chi connectivity index (χ1v) is 4.20. The van der Waals surface area contributed by atoms with Crippen molar-refractivity contribution in [3.8, 4) is 0 Å². The molecule has 1 fully saturated rings. The summed E-state index contributed by atoms with van der Waals surface area (Å²) in [6.07, 6.45) is 0.644. The lowest BCUT2D eigenvalue weighted by Crippen LogP contribution is -2.34. The highest BCUT2D eigenvalue weighted by Crippen LogP contribution is 2.23. The fraction of sp³-hybridized carbons (Fsp3) is 0.875. The van der Waals surface area contributed by atoms with Gasteiger partial charge in [-0.2, -0.15) is 0 Å². The van der Waals surface area contributed by atoms with Gasteiger partial charge in [0, 0.05) is 24.9 Å². The van der Waals surface area contributed by atoms with Gasteiger partial charge >= 0.3 is 0 Å². The fourth-order valence-corrected chi connectivity index (χ4v) is 1.74. The van der Waals surface area contributed by atoms with Crippen LogP contribution in [-0.2, 0) is 4.79 Å². The van der Waals surface area contributed by atoms with Crippen LogP contribution >= 0.6 is 0 Å². The molecule has 2 unspecified atom stereocenters. The highest BCUT2D eigenvalue weighted by molar-refractivity contribution is 5.79. The summed E-state index contributed by atoms with van der Waals surface area (Å²) < 4.78 is 0. The third-order valence-electron chi connectivity index (χ3n) is 2.57. The Balaban J connectivity index is 2.62. The highest BCUT2D eigenvalue weighted by Gasteiger charge is 2.34. The Labute approximate surface area is 67.5 Å². The molecular formula is C8H16N2O. The Morgan fingerprint density at radius 1 is 1.73 bits per heavy atom. The lowest BCUT2D eigenvalue weighted by Gasteiger charge is -2.22. The van der Waals surface area contributed by atoms with Gasteiger partial charge in [-0.05, 0) is 20.4 Å². The fourth-order valence-electron chi connectivity index (χ4n) is 1.74. The van der Waals surface area contributed by atoms with Crippen molar-refractivity contribution in [2.75, 3.05) is 13.1 Å². The van der Waals surface area contributed by atoms with Crippen LogP contribution in [0.2, 0.25) is 0 Å². The van der Waals surface area contributed by atoms with E-state index in [1.54, 1.807) is 0 Å². The van der Waals surface area contributed by atoms with Crippen LogP contribution in [0, 0.1) is 5.92 Å². The molecule has 1 aliphatic heterocycles. The van der Waals surface area contributed by atoms with Gasteiger partial charge in [0.25, 0.3) is 0 Å². The van der Waals surface area contributed by atoms with E-state index in [2.05, 4.69) is 6.92 Å². The van der Waals surface area contributed by atoms with Gasteiger partial charge in [-0.15, -0.1) is 0 Å². The summed E-state index contributed by atoms with van der Waals surface area (Å²) in [4.78, 5) is 13.2. The number of nitrogens with two attached hydrogens (primary N) is 1. The topological polar surface area (TPSA) is 46.3 Å². The summed E-state index contributed by atoms with van der Waals surface area (Å²) in [7, 11) is 0. The normalized spacial score (nSPS) is 31.5. The predicted molar refractivity (Wildman–Crippen MR) is 44.0 cm³/mol. The lowest BCUT2D eigenvalue weighted by atomic mass is 10.0. The Kier molecular flexibility index (Phi) is 2.49. The standard InChI is InChI=1S/C8H16N2O/c1-3-10-6(2)7(5-9)4-8(10)11/h6-7H,3-5,9H2,1-2H3. The van der Waals surface area contributed by atoms with E-state index in [9.17, 15) is 4.79 Å². The zero-order chi connectivity index (χ0) is 8.43. The second-order valence-corrected chi connectivity index (χ2v) is 3.12. The number of likely N-dealkylation sites (tertiary alicyclic amines) is 1. The van der Waals surface area contributed by atoms with Gasteiger partial charge < -0.3 is 10.6 Å². The second kappa shape index (κ2) is 3.22. The molecule has 0 aromatic rings. The number of nitrogens with zero attached hydrogens (tertiary/aromatic N) is 1. The number of rotatable bonds is 2. The maximum Gasteiger partial charge on any atom is 0.223 e. The molecule has 3 nitrogen and oxygen atoms in total. The van der Waals surface area contributed by atoms with Crippen molar-refractivity contribution in [2.24, 2.45) is 11.7 Å². The minimum atomic E-state index is 0.260. The number of hydrogen-bond donors (Lipinski definition) is 1. The zero-order valence-electron chi connectivity index (χ0n) is 7.21. The van der Waals surface area contributed by atoms with Gasteiger partial charge in [-0.25, -0.2) is 0 Å². The minimum Gasteiger partial charge on any atom is -0.340 e. The van der Waals surface area contributed by atoms with Gasteiger partial charge in [-0.3, -0.25) is 4.79 Å². The largest absolute Gasteiger partial charge is 0.340 e. The molecule has 1 amide bonds. The summed E-state index contributed by atoms with van der Waals surface area (Å²) in [5.74, 6) is 0.637. The molecule has 3 heteroatoms. The molecule has 2 atom stereocenters. The van der Waals surface area contributed by atoms with Crippen molar-refractivity contribution in [3.63, 3.8) is 0 Å². The smallest absolute Gasteiger partial charge is 0.223 e. The number of hydrogen-bond acceptors (Lipinski definition) is 2. The van der Waals surface area contributed by atoms with Crippen LogP contribution in [0.3, 0.4) is 0 Å². The monoisotopic (exact) mass is 156 g/mol. The van der Waals surface area contributed by atoms with Crippen LogP contribution in [0.4, 0.5) is 0 Å². The molecule has 0 saturated carbocycles. The highest BCUT2D eigenvalue weighted by atomic mass is 16.2. The van der Waals surface area contributed by atoms with E-state index in [1.807, 2.05) is 11.8 Å². The number of carbonyl (C=O) groups excluding carboxylic acids is 1. The van der Waals surface area contributed by atoms with Gasteiger partial charge in [-0.1, -0.05) is 0 Å².